The summed E-state index contributed by atoms with van der Waals surface area (Å²) in [7, 11) is 0. The Morgan fingerprint density at radius 1 is 1.10 bits per heavy atom. The summed E-state index contributed by atoms with van der Waals surface area (Å²) >= 11 is 7.45. The maximum absolute atomic E-state index is 14.4. The third-order valence-electron chi connectivity index (χ3n) is 6.14. The van der Waals surface area contributed by atoms with E-state index in [1.54, 1.807) is 29.3 Å². The number of piperazine rings is 1. The lowest BCUT2D eigenvalue weighted by Gasteiger charge is -2.35. The molecule has 2 amide bonds. The lowest BCUT2D eigenvalue weighted by Crippen LogP contribution is -2.50. The van der Waals surface area contributed by atoms with Crippen LogP contribution in [0.1, 0.15) is 27.2 Å². The van der Waals surface area contributed by atoms with E-state index in [2.05, 4.69) is 30.7 Å². The summed E-state index contributed by atoms with van der Waals surface area (Å²) in [5.41, 5.74) is 1.33. The van der Waals surface area contributed by atoms with Crippen molar-refractivity contribution < 1.29 is 18.7 Å². The van der Waals surface area contributed by atoms with Gasteiger partial charge in [-0.05, 0) is 57.4 Å². The van der Waals surface area contributed by atoms with Crippen LogP contribution in [0, 0.1) is 5.82 Å². The monoisotopic (exact) mass is 601 g/mol. The standard InChI is InChI=1S/C28H33ClFN7O3S/c1-28(2,3)40-27(39)37-13-11-36(12-14-37)10-8-25(38)33-24-16-19(7-9-31-24)32-23-17-22(34-35-26(23)41-4)20-15-18(29)5-6-21(20)30/h5-7,9,15-17H,8,10-14H2,1-4H3,(H2,31,32,33,34,38). The number of carbonyl (C=O) groups excluding carboxylic acids is 2. The molecule has 2 aromatic heterocycles. The van der Waals surface area contributed by atoms with Gasteiger partial charge in [0.2, 0.25) is 5.91 Å². The van der Waals surface area contributed by atoms with Gasteiger partial charge in [0.05, 0.1) is 11.4 Å². The minimum Gasteiger partial charge on any atom is -0.444 e. The van der Waals surface area contributed by atoms with E-state index >= 15 is 0 Å². The molecule has 2 N–H and O–H groups in total. The molecule has 4 rings (SSSR count). The molecule has 1 fully saturated rings. The van der Waals surface area contributed by atoms with Gasteiger partial charge in [0.1, 0.15) is 22.3 Å². The zero-order valence-corrected chi connectivity index (χ0v) is 25.0. The summed E-state index contributed by atoms with van der Waals surface area (Å²) in [6.45, 7) is 8.55. The number of hydrogen-bond acceptors (Lipinski definition) is 9. The number of anilines is 3. The van der Waals surface area contributed by atoms with Crippen LogP contribution in [0.3, 0.4) is 0 Å². The van der Waals surface area contributed by atoms with Crippen molar-refractivity contribution in [3.8, 4) is 11.3 Å². The van der Waals surface area contributed by atoms with Gasteiger partial charge in [0, 0.05) is 67.7 Å². The smallest absolute Gasteiger partial charge is 0.410 e. The van der Waals surface area contributed by atoms with Gasteiger partial charge in [-0.25, -0.2) is 14.2 Å². The number of halogens is 2. The van der Waals surface area contributed by atoms with Crippen LogP contribution in [-0.4, -0.2) is 81.6 Å². The third kappa shape index (κ3) is 8.75. The minimum atomic E-state index is -0.529. The van der Waals surface area contributed by atoms with Gasteiger partial charge < -0.3 is 20.3 Å². The van der Waals surface area contributed by atoms with E-state index in [1.807, 2.05) is 27.0 Å². The maximum atomic E-state index is 14.4. The Kier molecular flexibility index (Phi) is 10.0. The van der Waals surface area contributed by atoms with Gasteiger partial charge in [0.25, 0.3) is 0 Å². The summed E-state index contributed by atoms with van der Waals surface area (Å²) < 4.78 is 19.9. The minimum absolute atomic E-state index is 0.168. The second-order valence-corrected chi connectivity index (χ2v) is 11.7. The van der Waals surface area contributed by atoms with Crippen LogP contribution in [0.25, 0.3) is 11.3 Å². The zero-order valence-electron chi connectivity index (χ0n) is 23.4. The number of hydrogen-bond donors (Lipinski definition) is 2. The van der Waals surface area contributed by atoms with E-state index in [0.29, 0.717) is 65.7 Å². The number of thioether (sulfide) groups is 1. The van der Waals surface area contributed by atoms with Crippen LogP contribution in [0.5, 0.6) is 0 Å². The molecule has 10 nitrogen and oxygen atoms in total. The fourth-order valence-corrected chi connectivity index (χ4v) is 4.75. The number of nitrogens with zero attached hydrogens (tertiary/aromatic N) is 5. The number of ether oxygens (including phenoxy) is 1. The molecular formula is C28H33ClFN7O3S. The lowest BCUT2D eigenvalue weighted by atomic mass is 10.1. The molecular weight excluding hydrogens is 569 g/mol. The number of amides is 2. The second kappa shape index (κ2) is 13.5. The number of rotatable bonds is 8. The summed E-state index contributed by atoms with van der Waals surface area (Å²) in [5, 5.41) is 15.5. The van der Waals surface area contributed by atoms with Gasteiger partial charge in [-0.3, -0.25) is 9.69 Å². The van der Waals surface area contributed by atoms with Crippen molar-refractivity contribution in [2.45, 2.75) is 37.8 Å². The Labute approximate surface area is 248 Å². The Morgan fingerprint density at radius 2 is 1.85 bits per heavy atom. The van der Waals surface area contributed by atoms with Crippen molar-refractivity contribution in [1.82, 2.24) is 25.0 Å². The number of carbonyl (C=O) groups is 2. The Balaban J connectivity index is 1.33. The molecule has 1 aromatic carbocycles. The molecule has 218 valence electrons. The van der Waals surface area contributed by atoms with Crippen LogP contribution >= 0.6 is 23.4 Å². The third-order valence-corrected chi connectivity index (χ3v) is 7.07. The molecule has 0 spiro atoms. The van der Waals surface area contributed by atoms with Crippen LogP contribution < -0.4 is 10.6 Å². The predicted molar refractivity (Wildman–Crippen MR) is 159 cm³/mol. The van der Waals surface area contributed by atoms with Gasteiger partial charge in [0.15, 0.2) is 0 Å². The van der Waals surface area contributed by atoms with E-state index in [0.717, 1.165) is 0 Å². The van der Waals surface area contributed by atoms with Crippen molar-refractivity contribution in [2.75, 3.05) is 49.6 Å². The predicted octanol–water partition coefficient (Wildman–Crippen LogP) is 5.68. The van der Waals surface area contributed by atoms with Crippen molar-refractivity contribution in [3.63, 3.8) is 0 Å². The lowest BCUT2D eigenvalue weighted by molar-refractivity contribution is -0.116. The highest BCUT2D eigenvalue weighted by Crippen LogP contribution is 2.32. The van der Waals surface area contributed by atoms with E-state index in [4.69, 9.17) is 16.3 Å². The molecule has 1 aliphatic heterocycles. The van der Waals surface area contributed by atoms with Crippen LogP contribution in [0.4, 0.5) is 26.4 Å². The molecule has 0 atom stereocenters. The van der Waals surface area contributed by atoms with Crippen molar-refractivity contribution in [2.24, 2.45) is 0 Å². The Morgan fingerprint density at radius 3 is 2.56 bits per heavy atom. The maximum Gasteiger partial charge on any atom is 0.410 e. The fourth-order valence-electron chi connectivity index (χ4n) is 4.12. The number of pyridine rings is 1. The second-order valence-electron chi connectivity index (χ2n) is 10.4. The molecule has 0 unspecified atom stereocenters. The summed E-state index contributed by atoms with van der Waals surface area (Å²) in [4.78, 5) is 33.0. The summed E-state index contributed by atoms with van der Waals surface area (Å²) in [6.07, 6.45) is 3.42. The van der Waals surface area contributed by atoms with E-state index < -0.39 is 11.4 Å². The first-order valence-corrected chi connectivity index (χ1v) is 14.7. The first-order valence-electron chi connectivity index (χ1n) is 13.1. The van der Waals surface area contributed by atoms with E-state index in [9.17, 15) is 14.0 Å². The quantitative estimate of drug-likeness (QED) is 0.315. The summed E-state index contributed by atoms with van der Waals surface area (Å²) in [5.74, 6) is -0.229. The fraction of sp³-hybridized carbons (Fsp3) is 0.393. The topological polar surface area (TPSA) is 113 Å². The van der Waals surface area contributed by atoms with Gasteiger partial charge in [-0.1, -0.05) is 11.6 Å². The molecule has 41 heavy (non-hydrogen) atoms. The highest BCUT2D eigenvalue weighted by Gasteiger charge is 2.26. The Bertz CT molecular complexity index is 1400. The number of nitrogens with one attached hydrogen (secondary N) is 2. The molecule has 0 aliphatic carbocycles. The average molecular weight is 602 g/mol. The Hall–Kier alpha value is -3.48. The number of benzene rings is 1. The molecule has 1 saturated heterocycles. The highest BCUT2D eigenvalue weighted by molar-refractivity contribution is 7.98. The van der Waals surface area contributed by atoms with Crippen LogP contribution in [0.2, 0.25) is 5.02 Å². The molecule has 3 aromatic rings. The molecule has 0 bridgehead atoms. The summed E-state index contributed by atoms with van der Waals surface area (Å²) in [6, 6.07) is 9.43. The van der Waals surface area contributed by atoms with Gasteiger partial charge >= 0.3 is 6.09 Å². The largest absolute Gasteiger partial charge is 0.444 e. The highest BCUT2D eigenvalue weighted by atomic mass is 35.5. The molecule has 0 radical (unpaired) electrons. The first-order chi connectivity index (χ1) is 19.5. The molecule has 3 heterocycles. The number of aromatic nitrogens is 3. The normalized spacial score (nSPS) is 14.0. The van der Waals surface area contributed by atoms with E-state index in [-0.39, 0.29) is 24.0 Å². The SMILES string of the molecule is CSc1nnc(-c2cc(Cl)ccc2F)cc1Nc1ccnc(NC(=O)CCN2CCN(C(=O)OC(C)(C)C)CC2)c1. The van der Waals surface area contributed by atoms with Crippen molar-refractivity contribution in [3.05, 3.63) is 53.4 Å². The van der Waals surface area contributed by atoms with Gasteiger partial charge in [-0.15, -0.1) is 22.0 Å². The van der Waals surface area contributed by atoms with Crippen molar-refractivity contribution in [1.29, 1.82) is 0 Å². The molecule has 13 heteroatoms. The van der Waals surface area contributed by atoms with Crippen LogP contribution in [0.15, 0.2) is 47.6 Å². The average Bonchev–Trinajstić information content (AvgIpc) is 2.93. The molecule has 0 saturated carbocycles. The zero-order chi connectivity index (χ0) is 29.6. The van der Waals surface area contributed by atoms with Crippen molar-refractivity contribution >= 4 is 52.6 Å². The van der Waals surface area contributed by atoms with E-state index in [1.165, 1.54) is 30.0 Å². The van der Waals surface area contributed by atoms with Crippen LogP contribution in [-0.2, 0) is 9.53 Å². The molecule has 1 aliphatic rings. The van der Waals surface area contributed by atoms with Gasteiger partial charge in [-0.2, -0.15) is 0 Å². The first kappa shape index (κ1) is 30.5.